The molecule has 3 aromatic rings. The molecule has 0 saturated heterocycles. The molecule has 3 rings (SSSR count). The van der Waals surface area contributed by atoms with Gasteiger partial charge in [0.15, 0.2) is 18.1 Å². The minimum Gasteiger partial charge on any atom is -0.493 e. The Hall–Kier alpha value is -4.57. The van der Waals surface area contributed by atoms with Crippen LogP contribution in [0, 0.1) is 18.3 Å². The molecule has 0 aromatic heterocycles. The summed E-state index contributed by atoms with van der Waals surface area (Å²) >= 11 is 0. The van der Waals surface area contributed by atoms with Crippen LogP contribution in [0.4, 0.5) is 0 Å². The van der Waals surface area contributed by atoms with Crippen molar-refractivity contribution in [3.8, 4) is 23.3 Å². The molecule has 0 fully saturated rings. The van der Waals surface area contributed by atoms with E-state index in [0.717, 1.165) is 16.7 Å². The van der Waals surface area contributed by atoms with Crippen LogP contribution >= 0.6 is 0 Å². The monoisotopic (exact) mass is 498 g/mol. The average Bonchev–Trinajstić information content (AvgIpc) is 2.90. The number of hydrogen-bond acceptors (Lipinski definition) is 6. The number of carbonyl (C=O) groups is 2. The Morgan fingerprint density at radius 2 is 1.76 bits per heavy atom. The number of ether oxygens (including phenoxy) is 3. The average molecular weight is 499 g/mol. The first-order valence-electron chi connectivity index (χ1n) is 11.9. The minimum atomic E-state index is -0.587. The van der Waals surface area contributed by atoms with Gasteiger partial charge in [0.1, 0.15) is 17.4 Å². The number of benzene rings is 3. The lowest BCUT2D eigenvalue weighted by Gasteiger charge is -2.15. The molecule has 0 spiro atoms. The van der Waals surface area contributed by atoms with E-state index in [1.807, 2.05) is 61.5 Å². The minimum absolute atomic E-state index is 0.0600. The van der Waals surface area contributed by atoms with Gasteiger partial charge >= 0.3 is 5.97 Å². The van der Waals surface area contributed by atoms with Crippen molar-refractivity contribution in [3.05, 3.63) is 94.6 Å². The highest BCUT2D eigenvalue weighted by atomic mass is 16.6. The quantitative estimate of drug-likeness (QED) is 0.176. The Balaban J connectivity index is 1.66. The maximum atomic E-state index is 12.5. The Labute approximate surface area is 217 Å². The number of carbonyl (C=O) groups excluding carboxylic acids is 2. The van der Waals surface area contributed by atoms with Crippen molar-refractivity contribution in [2.24, 2.45) is 0 Å². The van der Waals surface area contributed by atoms with Crippen LogP contribution in [-0.2, 0) is 16.1 Å². The van der Waals surface area contributed by atoms with Crippen molar-refractivity contribution in [3.63, 3.8) is 0 Å². The van der Waals surface area contributed by atoms with Gasteiger partial charge in [-0.05, 0) is 59.4 Å². The Morgan fingerprint density at radius 3 is 2.43 bits per heavy atom. The summed E-state index contributed by atoms with van der Waals surface area (Å²) < 4.78 is 16.6. The predicted octanol–water partition coefficient (Wildman–Crippen LogP) is 5.33. The van der Waals surface area contributed by atoms with Crippen LogP contribution in [0.25, 0.3) is 6.08 Å². The van der Waals surface area contributed by atoms with Crippen molar-refractivity contribution >= 4 is 18.0 Å². The van der Waals surface area contributed by atoms with Crippen molar-refractivity contribution in [2.75, 3.05) is 13.7 Å². The summed E-state index contributed by atoms with van der Waals surface area (Å²) in [5.74, 6) is 0.293. The molecule has 0 bridgehead atoms. The molecule has 0 saturated carbocycles. The van der Waals surface area contributed by atoms with Gasteiger partial charge in [-0.1, -0.05) is 62.4 Å². The zero-order valence-corrected chi connectivity index (χ0v) is 21.4. The van der Waals surface area contributed by atoms with E-state index in [1.54, 1.807) is 18.2 Å². The number of esters is 1. The Bertz CT molecular complexity index is 1320. The second kappa shape index (κ2) is 12.9. The molecule has 7 nitrogen and oxygen atoms in total. The SMILES string of the molecule is COc1cc(/C=C(\C#N)C(=O)NCc2ccccc2)ccc1OC(=O)COc1cc(C)ccc1C(C)C. The fourth-order valence-electron chi connectivity index (χ4n) is 3.58. The molecule has 1 amide bonds. The van der Waals surface area contributed by atoms with Crippen LogP contribution in [-0.4, -0.2) is 25.6 Å². The van der Waals surface area contributed by atoms with Gasteiger partial charge in [0.05, 0.1) is 7.11 Å². The predicted molar refractivity (Wildman–Crippen MR) is 141 cm³/mol. The summed E-state index contributed by atoms with van der Waals surface area (Å²) in [5.41, 5.74) is 3.44. The summed E-state index contributed by atoms with van der Waals surface area (Å²) in [6.07, 6.45) is 1.45. The van der Waals surface area contributed by atoms with Crippen LogP contribution in [0.5, 0.6) is 17.2 Å². The highest BCUT2D eigenvalue weighted by Gasteiger charge is 2.15. The lowest BCUT2D eigenvalue weighted by atomic mass is 10.0. The molecular formula is C30H30N2O5. The van der Waals surface area contributed by atoms with E-state index >= 15 is 0 Å². The molecule has 0 aliphatic heterocycles. The van der Waals surface area contributed by atoms with Gasteiger partial charge in [0.25, 0.3) is 5.91 Å². The van der Waals surface area contributed by atoms with E-state index < -0.39 is 11.9 Å². The number of nitrogens with one attached hydrogen (secondary N) is 1. The summed E-state index contributed by atoms with van der Waals surface area (Å²) in [5, 5.41) is 12.2. The van der Waals surface area contributed by atoms with Gasteiger partial charge in [-0.25, -0.2) is 4.79 Å². The molecule has 0 heterocycles. The second-order valence-corrected chi connectivity index (χ2v) is 8.71. The molecule has 190 valence electrons. The van der Waals surface area contributed by atoms with Crippen molar-refractivity contribution in [1.82, 2.24) is 5.32 Å². The third kappa shape index (κ3) is 7.71. The number of aryl methyl sites for hydroxylation is 1. The van der Waals surface area contributed by atoms with Gasteiger partial charge in [0.2, 0.25) is 0 Å². The van der Waals surface area contributed by atoms with Crippen LogP contribution in [0.3, 0.4) is 0 Å². The third-order valence-corrected chi connectivity index (χ3v) is 5.52. The first-order chi connectivity index (χ1) is 17.8. The van der Waals surface area contributed by atoms with E-state index in [4.69, 9.17) is 14.2 Å². The highest BCUT2D eigenvalue weighted by Crippen LogP contribution is 2.30. The summed E-state index contributed by atoms with van der Waals surface area (Å²) in [6.45, 7) is 6.11. The zero-order valence-electron chi connectivity index (χ0n) is 21.4. The van der Waals surface area contributed by atoms with E-state index in [9.17, 15) is 14.9 Å². The van der Waals surface area contributed by atoms with Crippen LogP contribution in [0.15, 0.2) is 72.3 Å². The molecule has 0 aliphatic carbocycles. The lowest BCUT2D eigenvalue weighted by molar-refractivity contribution is -0.136. The summed E-state index contributed by atoms with van der Waals surface area (Å²) in [6, 6.07) is 22.0. The van der Waals surface area contributed by atoms with Crippen molar-refractivity contribution in [2.45, 2.75) is 33.2 Å². The molecule has 0 aliphatic rings. The number of nitriles is 1. The van der Waals surface area contributed by atoms with E-state index in [2.05, 4.69) is 19.2 Å². The molecule has 1 N–H and O–H groups in total. The maximum Gasteiger partial charge on any atom is 0.349 e. The second-order valence-electron chi connectivity index (χ2n) is 8.71. The third-order valence-electron chi connectivity index (χ3n) is 5.52. The maximum absolute atomic E-state index is 12.5. The van der Waals surface area contributed by atoms with Crippen LogP contribution in [0.2, 0.25) is 0 Å². The first-order valence-corrected chi connectivity index (χ1v) is 11.9. The van der Waals surface area contributed by atoms with Gasteiger partial charge in [0, 0.05) is 6.54 Å². The number of rotatable bonds is 10. The lowest BCUT2D eigenvalue weighted by Crippen LogP contribution is -2.23. The standard InChI is InChI=1S/C30H30N2O5/c1-20(2)25-12-10-21(3)14-27(25)36-19-29(33)37-26-13-11-23(16-28(26)35-4)15-24(17-31)30(34)32-18-22-8-6-5-7-9-22/h5-16,20H,18-19H2,1-4H3,(H,32,34)/b24-15+. The fourth-order valence-corrected chi connectivity index (χ4v) is 3.58. The molecule has 0 unspecified atom stereocenters. The fraction of sp³-hybridized carbons (Fsp3) is 0.233. The zero-order chi connectivity index (χ0) is 26.8. The highest BCUT2D eigenvalue weighted by molar-refractivity contribution is 6.01. The van der Waals surface area contributed by atoms with Crippen LogP contribution in [0.1, 0.15) is 42.0 Å². The van der Waals surface area contributed by atoms with E-state index in [0.29, 0.717) is 17.9 Å². The summed E-state index contributed by atoms with van der Waals surface area (Å²) in [4.78, 5) is 25.0. The largest absolute Gasteiger partial charge is 0.493 e. The van der Waals surface area contributed by atoms with Crippen LogP contribution < -0.4 is 19.5 Å². The van der Waals surface area contributed by atoms with Gasteiger partial charge < -0.3 is 19.5 Å². The van der Waals surface area contributed by atoms with Gasteiger partial charge in [-0.2, -0.15) is 5.26 Å². The van der Waals surface area contributed by atoms with E-state index in [1.165, 1.54) is 13.2 Å². The number of hydrogen-bond donors (Lipinski definition) is 1. The van der Waals surface area contributed by atoms with Crippen molar-refractivity contribution < 1.29 is 23.8 Å². The number of methoxy groups -OCH3 is 1. The molecule has 0 atom stereocenters. The molecule has 7 heteroatoms. The number of amides is 1. The Kier molecular flexibility index (Phi) is 9.45. The Morgan fingerprint density at radius 1 is 1.00 bits per heavy atom. The first kappa shape index (κ1) is 27.0. The topological polar surface area (TPSA) is 97.6 Å². The van der Waals surface area contributed by atoms with Crippen molar-refractivity contribution in [1.29, 1.82) is 5.26 Å². The van der Waals surface area contributed by atoms with Gasteiger partial charge in [-0.3, -0.25) is 4.79 Å². The molecular weight excluding hydrogens is 468 g/mol. The normalized spacial score (nSPS) is 11.0. The summed E-state index contributed by atoms with van der Waals surface area (Å²) in [7, 11) is 1.44. The van der Waals surface area contributed by atoms with Gasteiger partial charge in [-0.15, -0.1) is 0 Å². The van der Waals surface area contributed by atoms with E-state index in [-0.39, 0.29) is 29.6 Å². The smallest absolute Gasteiger partial charge is 0.349 e. The molecule has 3 aromatic carbocycles. The molecule has 37 heavy (non-hydrogen) atoms. The molecule has 0 radical (unpaired) electrons. The number of nitrogens with zero attached hydrogens (tertiary/aromatic N) is 1.